The Hall–Kier alpha value is -2.08. The summed E-state index contributed by atoms with van der Waals surface area (Å²) in [6.45, 7) is 3.48. The molecule has 1 aromatic carbocycles. The van der Waals surface area contributed by atoms with Gasteiger partial charge >= 0.3 is 0 Å². The molecule has 0 fully saturated rings. The first-order valence-electron chi connectivity index (χ1n) is 4.05. The second-order valence-electron chi connectivity index (χ2n) is 2.51. The quantitative estimate of drug-likeness (QED) is 0.681. The number of hydrogen-bond acceptors (Lipinski definition) is 3. The van der Waals surface area contributed by atoms with E-state index in [0.29, 0.717) is 11.4 Å². The highest BCUT2D eigenvalue weighted by Gasteiger charge is 1.93. The Balaban J connectivity index is 2.94. The van der Waals surface area contributed by atoms with E-state index in [1.807, 2.05) is 6.07 Å². The second-order valence-corrected chi connectivity index (χ2v) is 2.51. The van der Waals surface area contributed by atoms with Gasteiger partial charge in [-0.15, -0.1) is 0 Å². The van der Waals surface area contributed by atoms with Crippen molar-refractivity contribution in [1.82, 2.24) is 0 Å². The molecule has 0 N–H and O–H groups in total. The van der Waals surface area contributed by atoms with Gasteiger partial charge in [0, 0.05) is 0 Å². The van der Waals surface area contributed by atoms with Gasteiger partial charge in [0.1, 0.15) is 17.5 Å². The van der Waals surface area contributed by atoms with Crippen LogP contribution in [0.3, 0.4) is 0 Å². The van der Waals surface area contributed by atoms with E-state index in [1.165, 1.54) is 6.08 Å². The second kappa shape index (κ2) is 4.83. The molecular weight excluding hydrogens is 176 g/mol. The number of allylic oxidation sites excluding steroid dienone is 1. The van der Waals surface area contributed by atoms with Crippen molar-refractivity contribution in [2.24, 2.45) is 4.99 Å². The number of rotatable bonds is 3. The van der Waals surface area contributed by atoms with Crippen molar-refractivity contribution >= 4 is 11.4 Å². The molecular formula is C11H10N2O. The Bertz CT molecular complexity index is 385. The minimum absolute atomic E-state index is 0.301. The Labute approximate surface area is 83.0 Å². The molecule has 3 nitrogen and oxygen atoms in total. The fourth-order valence-electron chi connectivity index (χ4n) is 0.912. The maximum Gasteiger partial charge on any atom is 0.140 e. The van der Waals surface area contributed by atoms with Crippen LogP contribution in [-0.2, 0) is 0 Å². The molecule has 0 aliphatic rings. The first-order chi connectivity index (χ1) is 6.80. The summed E-state index contributed by atoms with van der Waals surface area (Å²) in [6.07, 6.45) is 1.42. The number of nitrogens with zero attached hydrogens (tertiary/aromatic N) is 2. The number of hydrogen-bond donors (Lipinski definition) is 0. The van der Waals surface area contributed by atoms with Crippen LogP contribution in [0.1, 0.15) is 0 Å². The average molecular weight is 186 g/mol. The van der Waals surface area contributed by atoms with Crippen LogP contribution in [0.25, 0.3) is 0 Å². The van der Waals surface area contributed by atoms with Crippen LogP contribution < -0.4 is 4.74 Å². The molecule has 0 spiro atoms. The monoisotopic (exact) mass is 186 g/mol. The van der Waals surface area contributed by atoms with E-state index in [0.717, 1.165) is 5.75 Å². The highest BCUT2D eigenvalue weighted by Crippen LogP contribution is 2.17. The van der Waals surface area contributed by atoms with Crippen molar-refractivity contribution in [1.29, 1.82) is 5.26 Å². The Kier molecular flexibility index (Phi) is 3.45. The molecule has 0 heterocycles. The minimum atomic E-state index is 0.301. The minimum Gasteiger partial charge on any atom is -0.497 e. The van der Waals surface area contributed by atoms with Gasteiger partial charge in [0.2, 0.25) is 0 Å². The van der Waals surface area contributed by atoms with Gasteiger partial charge in [0.05, 0.1) is 12.8 Å². The summed E-state index contributed by atoms with van der Waals surface area (Å²) in [5.74, 6) is 0.765. The maximum absolute atomic E-state index is 8.61. The van der Waals surface area contributed by atoms with E-state index in [4.69, 9.17) is 10.00 Å². The molecule has 0 aliphatic carbocycles. The van der Waals surface area contributed by atoms with Crippen LogP contribution in [0.5, 0.6) is 5.75 Å². The van der Waals surface area contributed by atoms with E-state index in [9.17, 15) is 0 Å². The number of nitriles is 1. The van der Waals surface area contributed by atoms with Crippen molar-refractivity contribution in [3.8, 4) is 11.8 Å². The summed E-state index contributed by atoms with van der Waals surface area (Å²) >= 11 is 0. The van der Waals surface area contributed by atoms with Gasteiger partial charge in [0.25, 0.3) is 0 Å². The fourth-order valence-corrected chi connectivity index (χ4v) is 0.912. The van der Waals surface area contributed by atoms with Crippen molar-refractivity contribution in [2.75, 3.05) is 7.11 Å². The largest absolute Gasteiger partial charge is 0.497 e. The topological polar surface area (TPSA) is 45.4 Å². The van der Waals surface area contributed by atoms with Crippen LogP contribution in [0, 0.1) is 11.3 Å². The molecule has 0 saturated carbocycles. The highest BCUT2D eigenvalue weighted by molar-refractivity contribution is 6.08. The van der Waals surface area contributed by atoms with E-state index in [-0.39, 0.29) is 0 Å². The number of ether oxygens (including phenoxy) is 1. The average Bonchev–Trinajstić information content (AvgIpc) is 2.26. The zero-order chi connectivity index (χ0) is 10.4. The van der Waals surface area contributed by atoms with Gasteiger partial charge in [-0.3, -0.25) is 0 Å². The molecule has 0 amide bonds. The first-order valence-corrected chi connectivity index (χ1v) is 4.05. The summed E-state index contributed by atoms with van der Waals surface area (Å²) in [4.78, 5) is 4.05. The molecule has 70 valence electrons. The zero-order valence-electron chi connectivity index (χ0n) is 7.90. The van der Waals surface area contributed by atoms with Gasteiger partial charge in [-0.2, -0.15) is 5.26 Å². The SMILES string of the molecule is C=CC(C#N)=Nc1ccc(OC)cc1. The molecule has 0 aliphatic heterocycles. The van der Waals surface area contributed by atoms with Crippen LogP contribution in [-0.4, -0.2) is 12.8 Å². The number of methoxy groups -OCH3 is 1. The van der Waals surface area contributed by atoms with Crippen LogP contribution >= 0.6 is 0 Å². The van der Waals surface area contributed by atoms with Crippen LogP contribution in [0.15, 0.2) is 41.9 Å². The van der Waals surface area contributed by atoms with Crippen molar-refractivity contribution in [3.05, 3.63) is 36.9 Å². The van der Waals surface area contributed by atoms with E-state index in [2.05, 4.69) is 11.6 Å². The van der Waals surface area contributed by atoms with Gasteiger partial charge < -0.3 is 4.74 Å². The molecule has 1 aromatic rings. The lowest BCUT2D eigenvalue weighted by atomic mass is 10.3. The molecule has 0 unspecified atom stereocenters. The van der Waals surface area contributed by atoms with Gasteiger partial charge in [-0.25, -0.2) is 4.99 Å². The van der Waals surface area contributed by atoms with Crippen molar-refractivity contribution < 1.29 is 4.74 Å². The molecule has 0 aromatic heterocycles. The Morgan fingerprint density at radius 2 is 2.14 bits per heavy atom. The smallest absolute Gasteiger partial charge is 0.140 e. The highest BCUT2D eigenvalue weighted by atomic mass is 16.5. The van der Waals surface area contributed by atoms with Crippen LogP contribution in [0.2, 0.25) is 0 Å². The standard InChI is InChI=1S/C11H10N2O/c1-3-9(8-12)13-10-4-6-11(14-2)7-5-10/h3-7H,1H2,2H3. The Morgan fingerprint density at radius 3 is 2.57 bits per heavy atom. The third-order valence-corrected chi connectivity index (χ3v) is 1.63. The predicted molar refractivity (Wildman–Crippen MR) is 55.9 cm³/mol. The van der Waals surface area contributed by atoms with Crippen molar-refractivity contribution in [2.45, 2.75) is 0 Å². The van der Waals surface area contributed by atoms with E-state index >= 15 is 0 Å². The molecule has 0 atom stereocenters. The molecule has 14 heavy (non-hydrogen) atoms. The number of benzene rings is 1. The summed E-state index contributed by atoms with van der Waals surface area (Å²) in [7, 11) is 1.60. The summed E-state index contributed by atoms with van der Waals surface area (Å²) in [6, 6.07) is 9.06. The Morgan fingerprint density at radius 1 is 1.50 bits per heavy atom. The van der Waals surface area contributed by atoms with Crippen molar-refractivity contribution in [3.63, 3.8) is 0 Å². The summed E-state index contributed by atoms with van der Waals surface area (Å²) < 4.78 is 4.99. The van der Waals surface area contributed by atoms with Gasteiger partial charge in [0.15, 0.2) is 0 Å². The van der Waals surface area contributed by atoms with E-state index in [1.54, 1.807) is 31.4 Å². The molecule has 0 saturated heterocycles. The normalized spacial score (nSPS) is 10.4. The molecule has 0 bridgehead atoms. The fraction of sp³-hybridized carbons (Fsp3) is 0.0909. The lowest BCUT2D eigenvalue weighted by molar-refractivity contribution is 0.415. The zero-order valence-corrected chi connectivity index (χ0v) is 7.90. The predicted octanol–water partition coefficient (Wildman–Crippen LogP) is 2.48. The molecule has 0 radical (unpaired) electrons. The number of aliphatic imine (C=N–C) groups is 1. The van der Waals surface area contributed by atoms with Crippen LogP contribution in [0.4, 0.5) is 5.69 Å². The molecule has 1 rings (SSSR count). The lowest BCUT2D eigenvalue weighted by Gasteiger charge is -1.98. The van der Waals surface area contributed by atoms with Gasteiger partial charge in [-0.1, -0.05) is 6.58 Å². The summed E-state index contributed by atoms with van der Waals surface area (Å²) in [5.41, 5.74) is 1.01. The molecule has 3 heteroatoms. The van der Waals surface area contributed by atoms with Gasteiger partial charge in [-0.05, 0) is 30.3 Å². The summed E-state index contributed by atoms with van der Waals surface area (Å²) in [5, 5.41) is 8.61. The third kappa shape index (κ3) is 2.46. The van der Waals surface area contributed by atoms with E-state index < -0.39 is 0 Å². The lowest BCUT2D eigenvalue weighted by Crippen LogP contribution is -1.85. The first kappa shape index (κ1) is 10.0. The maximum atomic E-state index is 8.61. The third-order valence-electron chi connectivity index (χ3n) is 1.63.